The SMILES string of the molecule is CCCCCC(C)(O)C1(C#N)CCC(C(C)(C)C)CC1. The maximum absolute atomic E-state index is 10.9. The van der Waals surface area contributed by atoms with Crippen molar-refractivity contribution in [3.05, 3.63) is 0 Å². The number of hydrogen-bond donors (Lipinski definition) is 1. The standard InChI is InChI=1S/C18H33NO/c1-6-7-8-11-17(5,20)18(14-19)12-9-15(10-13-18)16(2,3)4/h15,20H,6-13H2,1-5H3. The third-order valence-electron chi connectivity index (χ3n) is 5.58. The van der Waals surface area contributed by atoms with E-state index in [2.05, 4.69) is 33.8 Å². The summed E-state index contributed by atoms with van der Waals surface area (Å²) in [6, 6.07) is 2.51. The molecule has 1 fully saturated rings. The zero-order valence-corrected chi connectivity index (χ0v) is 14.1. The lowest BCUT2D eigenvalue weighted by Crippen LogP contribution is -2.48. The van der Waals surface area contributed by atoms with Crippen molar-refractivity contribution in [3.63, 3.8) is 0 Å². The summed E-state index contributed by atoms with van der Waals surface area (Å²) in [6.07, 6.45) is 7.92. The molecule has 0 aromatic heterocycles. The second-order valence-electron chi connectivity index (χ2n) is 8.07. The predicted molar refractivity (Wildman–Crippen MR) is 84.2 cm³/mol. The van der Waals surface area contributed by atoms with Crippen LogP contribution in [0.15, 0.2) is 0 Å². The Morgan fingerprint density at radius 3 is 2.10 bits per heavy atom. The predicted octanol–water partition coefficient (Wildman–Crippen LogP) is 5.06. The molecule has 0 aromatic rings. The lowest BCUT2D eigenvalue weighted by Gasteiger charge is -2.47. The molecule has 1 unspecified atom stereocenters. The minimum Gasteiger partial charge on any atom is -0.389 e. The maximum Gasteiger partial charge on any atom is 0.0857 e. The summed E-state index contributed by atoms with van der Waals surface area (Å²) >= 11 is 0. The number of hydrogen-bond acceptors (Lipinski definition) is 2. The Bertz CT molecular complexity index is 337. The molecule has 0 bridgehead atoms. The van der Waals surface area contributed by atoms with Gasteiger partial charge < -0.3 is 5.11 Å². The van der Waals surface area contributed by atoms with Crippen LogP contribution < -0.4 is 0 Å². The smallest absolute Gasteiger partial charge is 0.0857 e. The fraction of sp³-hybridized carbons (Fsp3) is 0.944. The molecule has 0 amide bonds. The van der Waals surface area contributed by atoms with Gasteiger partial charge in [0.15, 0.2) is 0 Å². The van der Waals surface area contributed by atoms with Crippen LogP contribution >= 0.6 is 0 Å². The maximum atomic E-state index is 10.9. The molecule has 1 aliphatic rings. The first-order valence-electron chi connectivity index (χ1n) is 8.32. The Labute approximate surface area is 125 Å². The minimum absolute atomic E-state index is 0.315. The molecular formula is C18H33NO. The summed E-state index contributed by atoms with van der Waals surface area (Å²) in [4.78, 5) is 0. The summed E-state index contributed by atoms with van der Waals surface area (Å²) in [7, 11) is 0. The molecule has 1 rings (SSSR count). The molecule has 0 heterocycles. The van der Waals surface area contributed by atoms with Gasteiger partial charge in [-0.1, -0.05) is 47.0 Å². The van der Waals surface area contributed by atoms with Crippen LogP contribution in [-0.2, 0) is 0 Å². The lowest BCUT2D eigenvalue weighted by atomic mass is 9.58. The largest absolute Gasteiger partial charge is 0.389 e. The van der Waals surface area contributed by atoms with E-state index in [9.17, 15) is 10.4 Å². The van der Waals surface area contributed by atoms with Gasteiger partial charge in [0.25, 0.3) is 0 Å². The zero-order chi connectivity index (χ0) is 15.4. The molecule has 0 aromatic carbocycles. The normalized spacial score (nSPS) is 30.6. The van der Waals surface area contributed by atoms with Crippen molar-refractivity contribution in [3.8, 4) is 6.07 Å². The summed E-state index contributed by atoms with van der Waals surface area (Å²) in [5, 5.41) is 20.6. The van der Waals surface area contributed by atoms with Gasteiger partial charge in [0.1, 0.15) is 0 Å². The van der Waals surface area contributed by atoms with E-state index < -0.39 is 11.0 Å². The topological polar surface area (TPSA) is 44.0 Å². The van der Waals surface area contributed by atoms with E-state index in [0.717, 1.165) is 51.4 Å². The van der Waals surface area contributed by atoms with Crippen LogP contribution in [0.4, 0.5) is 0 Å². The molecule has 1 N–H and O–H groups in total. The van der Waals surface area contributed by atoms with Gasteiger partial charge in [-0.2, -0.15) is 5.26 Å². The van der Waals surface area contributed by atoms with E-state index in [-0.39, 0.29) is 0 Å². The first-order valence-corrected chi connectivity index (χ1v) is 8.32. The number of nitrogens with zero attached hydrogens (tertiary/aromatic N) is 1. The van der Waals surface area contributed by atoms with Gasteiger partial charge in [-0.05, 0) is 50.4 Å². The monoisotopic (exact) mass is 279 g/mol. The quantitative estimate of drug-likeness (QED) is 0.714. The number of unbranched alkanes of at least 4 members (excludes halogenated alkanes) is 2. The Hall–Kier alpha value is -0.550. The highest BCUT2D eigenvalue weighted by Gasteiger charge is 2.50. The third-order valence-corrected chi connectivity index (χ3v) is 5.58. The zero-order valence-electron chi connectivity index (χ0n) is 14.1. The minimum atomic E-state index is -0.834. The molecule has 2 heteroatoms. The van der Waals surface area contributed by atoms with Gasteiger partial charge in [0.05, 0.1) is 17.1 Å². The highest BCUT2D eigenvalue weighted by molar-refractivity contribution is 5.12. The van der Waals surface area contributed by atoms with Crippen molar-refractivity contribution in [1.29, 1.82) is 5.26 Å². The molecule has 2 nitrogen and oxygen atoms in total. The van der Waals surface area contributed by atoms with Crippen LogP contribution in [0, 0.1) is 28.1 Å². The molecular weight excluding hydrogens is 246 g/mol. The Balaban J connectivity index is 2.73. The van der Waals surface area contributed by atoms with Crippen molar-refractivity contribution in [2.24, 2.45) is 16.7 Å². The van der Waals surface area contributed by atoms with E-state index in [1.807, 2.05) is 6.92 Å². The van der Waals surface area contributed by atoms with Gasteiger partial charge in [0.2, 0.25) is 0 Å². The van der Waals surface area contributed by atoms with Crippen molar-refractivity contribution in [2.75, 3.05) is 0 Å². The first-order chi connectivity index (χ1) is 9.18. The van der Waals surface area contributed by atoms with Gasteiger partial charge in [-0.15, -0.1) is 0 Å². The molecule has 1 aliphatic carbocycles. The Kier molecular flexibility index (Phi) is 5.67. The van der Waals surface area contributed by atoms with Crippen molar-refractivity contribution >= 4 is 0 Å². The summed E-state index contributed by atoms with van der Waals surface area (Å²) < 4.78 is 0. The van der Waals surface area contributed by atoms with Crippen LogP contribution in [0.3, 0.4) is 0 Å². The van der Waals surface area contributed by atoms with Gasteiger partial charge in [-0.3, -0.25) is 0 Å². The van der Waals surface area contributed by atoms with E-state index in [4.69, 9.17) is 0 Å². The molecule has 0 saturated heterocycles. The average molecular weight is 279 g/mol. The van der Waals surface area contributed by atoms with Gasteiger partial charge in [0, 0.05) is 0 Å². The Morgan fingerprint density at radius 1 is 1.15 bits per heavy atom. The molecule has 0 radical (unpaired) electrons. The number of aliphatic hydroxyl groups is 1. The van der Waals surface area contributed by atoms with Crippen molar-refractivity contribution in [1.82, 2.24) is 0 Å². The third kappa shape index (κ3) is 3.76. The van der Waals surface area contributed by atoms with Gasteiger partial charge >= 0.3 is 0 Å². The van der Waals surface area contributed by atoms with Crippen LogP contribution in [-0.4, -0.2) is 10.7 Å². The molecule has 116 valence electrons. The van der Waals surface area contributed by atoms with Crippen LogP contribution in [0.25, 0.3) is 0 Å². The van der Waals surface area contributed by atoms with Crippen LogP contribution in [0.5, 0.6) is 0 Å². The van der Waals surface area contributed by atoms with E-state index in [1.165, 1.54) is 0 Å². The molecule has 1 saturated carbocycles. The summed E-state index contributed by atoms with van der Waals surface area (Å²) in [5.41, 5.74) is -1.04. The number of rotatable bonds is 5. The first kappa shape index (κ1) is 17.5. The number of nitriles is 1. The summed E-state index contributed by atoms with van der Waals surface area (Å²) in [5.74, 6) is 0.676. The average Bonchev–Trinajstić information content (AvgIpc) is 2.37. The second-order valence-corrected chi connectivity index (χ2v) is 8.07. The van der Waals surface area contributed by atoms with E-state index in [1.54, 1.807) is 0 Å². The highest BCUT2D eigenvalue weighted by atomic mass is 16.3. The van der Waals surface area contributed by atoms with Crippen molar-refractivity contribution < 1.29 is 5.11 Å². The van der Waals surface area contributed by atoms with Crippen LogP contribution in [0.1, 0.15) is 86.0 Å². The fourth-order valence-corrected chi connectivity index (χ4v) is 3.71. The lowest BCUT2D eigenvalue weighted by molar-refractivity contribution is -0.0773. The molecule has 1 atom stereocenters. The van der Waals surface area contributed by atoms with E-state index >= 15 is 0 Å². The molecule has 0 spiro atoms. The van der Waals surface area contributed by atoms with Crippen molar-refractivity contribution in [2.45, 2.75) is 91.6 Å². The van der Waals surface area contributed by atoms with Crippen LogP contribution in [0.2, 0.25) is 0 Å². The van der Waals surface area contributed by atoms with Gasteiger partial charge in [-0.25, -0.2) is 0 Å². The molecule has 20 heavy (non-hydrogen) atoms. The highest BCUT2D eigenvalue weighted by Crippen LogP contribution is 2.51. The molecule has 0 aliphatic heterocycles. The second kappa shape index (κ2) is 6.48. The van der Waals surface area contributed by atoms with E-state index in [0.29, 0.717) is 11.3 Å². The Morgan fingerprint density at radius 2 is 1.70 bits per heavy atom. The fourth-order valence-electron chi connectivity index (χ4n) is 3.71. The summed E-state index contributed by atoms with van der Waals surface area (Å²) in [6.45, 7) is 10.9.